The molecular weight excluding hydrogens is 186 g/mol. The van der Waals surface area contributed by atoms with Crippen molar-refractivity contribution in [2.45, 2.75) is 0 Å². The van der Waals surface area contributed by atoms with Crippen molar-refractivity contribution in [1.82, 2.24) is 0 Å². The number of fused-ring (bicyclic) bond motifs is 1. The second-order valence-electron chi connectivity index (χ2n) is 2.00. The highest BCUT2D eigenvalue weighted by Gasteiger charge is 2.26. The quantitative estimate of drug-likeness (QED) is 0.639. The molecule has 1 N–H and O–H groups in total. The summed E-state index contributed by atoms with van der Waals surface area (Å²) in [5.41, 5.74) is 0. The molecule has 1 aromatic rings. The van der Waals surface area contributed by atoms with E-state index in [9.17, 15) is 5.11 Å². The summed E-state index contributed by atoms with van der Waals surface area (Å²) in [6.07, 6.45) is 0. The lowest BCUT2D eigenvalue weighted by molar-refractivity contribution is 0.451. The molecule has 1 unspecified atom stereocenters. The first kappa shape index (κ1) is 7.01. The summed E-state index contributed by atoms with van der Waals surface area (Å²) in [6.45, 7) is 0. The SMILES string of the molecule is Oc1cccc2c1OP(Cl)O2. The zero-order valence-corrected chi connectivity index (χ0v) is 6.97. The van der Waals surface area contributed by atoms with Gasteiger partial charge in [-0.3, -0.25) is 0 Å². The lowest BCUT2D eigenvalue weighted by Crippen LogP contribution is -1.73. The van der Waals surface area contributed by atoms with Gasteiger partial charge in [0.15, 0.2) is 11.5 Å². The Labute approximate surface area is 69.2 Å². The molecule has 58 valence electrons. The average Bonchev–Trinajstić information content (AvgIpc) is 2.31. The van der Waals surface area contributed by atoms with Gasteiger partial charge in [0, 0.05) is 0 Å². The van der Waals surface area contributed by atoms with Crippen LogP contribution in [0.25, 0.3) is 0 Å². The summed E-state index contributed by atoms with van der Waals surface area (Å²) in [6, 6.07) is 4.89. The number of rotatable bonds is 0. The number of aromatic hydroxyl groups is 1. The van der Waals surface area contributed by atoms with Gasteiger partial charge in [0.1, 0.15) is 0 Å². The van der Waals surface area contributed by atoms with E-state index in [2.05, 4.69) is 0 Å². The van der Waals surface area contributed by atoms with Crippen molar-refractivity contribution in [3.8, 4) is 17.2 Å². The van der Waals surface area contributed by atoms with Crippen LogP contribution in [0.4, 0.5) is 0 Å². The number of benzene rings is 1. The Bertz CT molecular complexity index is 291. The van der Waals surface area contributed by atoms with Gasteiger partial charge in [0.25, 0.3) is 0 Å². The normalized spacial score (nSPS) is 20.3. The summed E-state index contributed by atoms with van der Waals surface area (Å²) in [5.74, 6) is 0.910. The Hall–Kier alpha value is -0.660. The van der Waals surface area contributed by atoms with Crippen LogP contribution in [-0.2, 0) is 0 Å². The fraction of sp³-hybridized carbons (Fsp3) is 0. The van der Waals surface area contributed by atoms with E-state index in [0.29, 0.717) is 11.5 Å². The fourth-order valence-corrected chi connectivity index (χ4v) is 1.93. The van der Waals surface area contributed by atoms with E-state index in [0.717, 1.165) is 0 Å². The van der Waals surface area contributed by atoms with Crippen molar-refractivity contribution in [1.29, 1.82) is 0 Å². The van der Waals surface area contributed by atoms with E-state index in [1.54, 1.807) is 12.1 Å². The van der Waals surface area contributed by atoms with Crippen LogP contribution in [0.15, 0.2) is 18.2 Å². The second-order valence-corrected chi connectivity index (χ2v) is 3.62. The topological polar surface area (TPSA) is 38.7 Å². The summed E-state index contributed by atoms with van der Waals surface area (Å²) < 4.78 is 10.0. The van der Waals surface area contributed by atoms with Gasteiger partial charge in [0.05, 0.1) is 0 Å². The molecule has 1 atom stereocenters. The number of halogens is 1. The zero-order chi connectivity index (χ0) is 7.84. The minimum atomic E-state index is -1.40. The molecule has 0 fully saturated rings. The maximum absolute atomic E-state index is 9.20. The first-order valence-corrected chi connectivity index (χ1v) is 4.99. The minimum Gasteiger partial charge on any atom is -0.504 e. The molecule has 0 aromatic heterocycles. The van der Waals surface area contributed by atoms with Crippen molar-refractivity contribution >= 4 is 19.0 Å². The Morgan fingerprint density at radius 2 is 2.18 bits per heavy atom. The smallest absolute Gasteiger partial charge is 0.401 e. The van der Waals surface area contributed by atoms with Gasteiger partial charge in [-0.25, -0.2) is 0 Å². The van der Waals surface area contributed by atoms with Gasteiger partial charge < -0.3 is 14.2 Å². The molecule has 0 radical (unpaired) electrons. The average molecular weight is 191 g/mol. The third kappa shape index (κ3) is 1.10. The van der Waals surface area contributed by atoms with Crippen molar-refractivity contribution in [3.63, 3.8) is 0 Å². The highest BCUT2D eigenvalue weighted by molar-refractivity contribution is 7.76. The van der Waals surface area contributed by atoms with Crippen molar-refractivity contribution < 1.29 is 14.2 Å². The molecule has 0 amide bonds. The molecule has 2 rings (SSSR count). The van der Waals surface area contributed by atoms with E-state index in [1.165, 1.54) is 6.07 Å². The van der Waals surface area contributed by atoms with E-state index in [1.807, 2.05) is 0 Å². The van der Waals surface area contributed by atoms with E-state index in [-0.39, 0.29) is 5.75 Å². The van der Waals surface area contributed by atoms with Gasteiger partial charge >= 0.3 is 7.73 Å². The Morgan fingerprint density at radius 3 is 2.91 bits per heavy atom. The van der Waals surface area contributed by atoms with Crippen LogP contribution in [0, 0.1) is 0 Å². The number of phenols is 1. The fourth-order valence-electron chi connectivity index (χ4n) is 0.836. The highest BCUT2D eigenvalue weighted by atomic mass is 35.7. The number of para-hydroxylation sites is 1. The van der Waals surface area contributed by atoms with Crippen LogP contribution in [-0.4, -0.2) is 5.11 Å². The summed E-state index contributed by atoms with van der Waals surface area (Å²) in [4.78, 5) is 0. The number of hydrogen-bond donors (Lipinski definition) is 1. The maximum atomic E-state index is 9.20. The number of phenolic OH excluding ortho intramolecular Hbond substituents is 1. The first-order chi connectivity index (χ1) is 5.27. The Balaban J connectivity index is 2.49. The monoisotopic (exact) mass is 190 g/mol. The second kappa shape index (κ2) is 2.43. The molecule has 11 heavy (non-hydrogen) atoms. The molecule has 3 nitrogen and oxygen atoms in total. The summed E-state index contributed by atoms with van der Waals surface area (Å²) in [7, 11) is -1.40. The van der Waals surface area contributed by atoms with Crippen LogP contribution >= 0.6 is 19.0 Å². The molecule has 0 saturated heterocycles. The van der Waals surface area contributed by atoms with Crippen molar-refractivity contribution in [3.05, 3.63) is 18.2 Å². The van der Waals surface area contributed by atoms with Crippen molar-refractivity contribution in [2.24, 2.45) is 0 Å². The van der Waals surface area contributed by atoms with Crippen LogP contribution in [0.3, 0.4) is 0 Å². The molecule has 1 heterocycles. The van der Waals surface area contributed by atoms with Gasteiger partial charge in [-0.1, -0.05) is 6.07 Å². The molecule has 5 heteroatoms. The molecule has 0 bridgehead atoms. The molecule has 0 aliphatic carbocycles. The zero-order valence-electron chi connectivity index (χ0n) is 5.32. The lowest BCUT2D eigenvalue weighted by Gasteiger charge is -1.95. The van der Waals surface area contributed by atoms with Crippen molar-refractivity contribution in [2.75, 3.05) is 0 Å². The molecule has 0 spiro atoms. The molecule has 1 aliphatic rings. The molecular formula is C6H4ClO3P. The van der Waals surface area contributed by atoms with E-state index < -0.39 is 7.73 Å². The third-order valence-corrected chi connectivity index (χ3v) is 2.37. The molecule has 1 aromatic carbocycles. The largest absolute Gasteiger partial charge is 0.504 e. The van der Waals surface area contributed by atoms with Gasteiger partial charge in [-0.2, -0.15) is 0 Å². The van der Waals surface area contributed by atoms with Crippen LogP contribution in [0.1, 0.15) is 0 Å². The summed E-state index contributed by atoms with van der Waals surface area (Å²) in [5, 5.41) is 9.20. The van der Waals surface area contributed by atoms with Crippen LogP contribution in [0.5, 0.6) is 17.2 Å². The Kier molecular flexibility index (Phi) is 1.55. The van der Waals surface area contributed by atoms with Crippen LogP contribution < -0.4 is 9.05 Å². The standard InChI is InChI=1S/C6H4ClO3P/c7-11-9-5-3-1-2-4(8)6(5)10-11/h1-3,8H. The highest BCUT2D eigenvalue weighted by Crippen LogP contribution is 2.57. The number of hydrogen-bond acceptors (Lipinski definition) is 3. The van der Waals surface area contributed by atoms with Gasteiger partial charge in [-0.15, -0.1) is 0 Å². The third-order valence-electron chi connectivity index (χ3n) is 1.29. The predicted octanol–water partition coefficient (Wildman–Crippen LogP) is 2.63. The van der Waals surface area contributed by atoms with Crippen LogP contribution in [0.2, 0.25) is 0 Å². The summed E-state index contributed by atoms with van der Waals surface area (Å²) >= 11 is 5.56. The maximum Gasteiger partial charge on any atom is 0.401 e. The minimum absolute atomic E-state index is 0.0631. The predicted molar refractivity (Wildman–Crippen MR) is 42.1 cm³/mol. The first-order valence-electron chi connectivity index (χ1n) is 2.91. The van der Waals surface area contributed by atoms with E-state index in [4.69, 9.17) is 20.3 Å². The molecule has 0 saturated carbocycles. The molecule has 1 aliphatic heterocycles. The van der Waals surface area contributed by atoms with E-state index >= 15 is 0 Å². The Morgan fingerprint density at radius 1 is 1.36 bits per heavy atom. The van der Waals surface area contributed by atoms with Gasteiger partial charge in [-0.05, 0) is 23.4 Å². The lowest BCUT2D eigenvalue weighted by atomic mass is 10.3. The van der Waals surface area contributed by atoms with Gasteiger partial charge in [0.2, 0.25) is 5.75 Å².